The molecule has 2 atom stereocenters. The Labute approximate surface area is 163 Å². The molecule has 144 valence electrons. The van der Waals surface area contributed by atoms with Crippen LogP contribution in [-0.2, 0) is 0 Å². The number of thiophene rings is 1. The lowest BCUT2D eigenvalue weighted by Gasteiger charge is -2.32. The van der Waals surface area contributed by atoms with E-state index in [2.05, 4.69) is 11.8 Å². The molecule has 7 heteroatoms. The second-order valence-corrected chi connectivity index (χ2v) is 8.24. The van der Waals surface area contributed by atoms with E-state index in [1.54, 1.807) is 35.4 Å². The molecule has 1 aliphatic rings. The van der Waals surface area contributed by atoms with E-state index in [4.69, 9.17) is 0 Å². The molecule has 3 rings (SSSR count). The molecule has 1 amide bonds. The van der Waals surface area contributed by atoms with Gasteiger partial charge in [0.1, 0.15) is 5.69 Å². The summed E-state index contributed by atoms with van der Waals surface area (Å²) in [5, 5.41) is 13.6. The van der Waals surface area contributed by atoms with Gasteiger partial charge in [-0.3, -0.25) is 14.9 Å². The van der Waals surface area contributed by atoms with Crippen LogP contribution in [0, 0.1) is 16.0 Å². The monoisotopic (exact) mass is 387 g/mol. The summed E-state index contributed by atoms with van der Waals surface area (Å²) in [6.45, 7) is 5.75. The molecule has 2 heterocycles. The van der Waals surface area contributed by atoms with Gasteiger partial charge in [0.05, 0.1) is 11.0 Å². The molecule has 1 fully saturated rings. The van der Waals surface area contributed by atoms with Gasteiger partial charge in [0.25, 0.3) is 11.6 Å². The Kier molecular flexibility index (Phi) is 5.79. The van der Waals surface area contributed by atoms with E-state index >= 15 is 0 Å². The van der Waals surface area contributed by atoms with Gasteiger partial charge in [0.15, 0.2) is 0 Å². The third-order valence-electron chi connectivity index (χ3n) is 5.27. The van der Waals surface area contributed by atoms with Crippen LogP contribution in [0.5, 0.6) is 0 Å². The number of benzene rings is 1. The highest BCUT2D eigenvalue weighted by Crippen LogP contribution is 2.33. The first-order valence-electron chi connectivity index (χ1n) is 9.22. The first-order valence-corrected chi connectivity index (χ1v) is 10.1. The number of hydrogen-bond donors (Lipinski definition) is 0. The van der Waals surface area contributed by atoms with Crippen LogP contribution in [0.2, 0.25) is 0 Å². The summed E-state index contributed by atoms with van der Waals surface area (Å²) in [6.07, 6.45) is 2.17. The van der Waals surface area contributed by atoms with Crippen LogP contribution < -0.4 is 4.90 Å². The van der Waals surface area contributed by atoms with Gasteiger partial charge in [-0.15, -0.1) is 11.3 Å². The highest BCUT2D eigenvalue weighted by molar-refractivity contribution is 7.10. The van der Waals surface area contributed by atoms with Gasteiger partial charge in [-0.25, -0.2) is 0 Å². The van der Waals surface area contributed by atoms with Gasteiger partial charge in [0.2, 0.25) is 0 Å². The molecule has 0 bridgehead atoms. The normalized spacial score (nSPS) is 18.2. The van der Waals surface area contributed by atoms with Gasteiger partial charge >= 0.3 is 0 Å². The van der Waals surface area contributed by atoms with Crippen molar-refractivity contribution in [2.75, 3.05) is 25.0 Å². The molecule has 0 radical (unpaired) electrons. The van der Waals surface area contributed by atoms with Crippen molar-refractivity contribution < 1.29 is 9.72 Å². The number of piperidine rings is 1. The first-order chi connectivity index (χ1) is 12.9. The SMILES string of the molecule is C[C@H]1CCCN(c2ccc(C(=O)N(C)[C@@H](C)c3cccs3)cc2[N+](=O)[O-])C1. The maximum absolute atomic E-state index is 12.9. The number of hydrogen-bond acceptors (Lipinski definition) is 5. The lowest BCUT2D eigenvalue weighted by Crippen LogP contribution is -2.34. The lowest BCUT2D eigenvalue weighted by molar-refractivity contribution is -0.384. The molecule has 1 aromatic heterocycles. The van der Waals surface area contributed by atoms with Crippen molar-refractivity contribution >= 4 is 28.6 Å². The Morgan fingerprint density at radius 3 is 2.81 bits per heavy atom. The Bertz CT molecular complexity index is 822. The number of nitrogens with zero attached hydrogens (tertiary/aromatic N) is 3. The minimum absolute atomic E-state index is 0.00660. The van der Waals surface area contributed by atoms with E-state index in [0.29, 0.717) is 17.2 Å². The van der Waals surface area contributed by atoms with Crippen molar-refractivity contribution in [1.29, 1.82) is 0 Å². The molecular weight excluding hydrogens is 362 g/mol. The van der Waals surface area contributed by atoms with Gasteiger partial charge in [-0.2, -0.15) is 0 Å². The van der Waals surface area contributed by atoms with Crippen LogP contribution >= 0.6 is 11.3 Å². The van der Waals surface area contributed by atoms with Gasteiger partial charge < -0.3 is 9.80 Å². The second kappa shape index (κ2) is 8.08. The molecule has 2 aromatic rings. The first kappa shape index (κ1) is 19.4. The number of amides is 1. The summed E-state index contributed by atoms with van der Waals surface area (Å²) in [4.78, 5) is 29.0. The van der Waals surface area contributed by atoms with Crippen LogP contribution in [0.1, 0.15) is 48.0 Å². The molecule has 6 nitrogen and oxygen atoms in total. The third kappa shape index (κ3) is 4.13. The number of carbonyl (C=O) groups excluding carboxylic acids is 1. The quantitative estimate of drug-likeness (QED) is 0.550. The van der Waals surface area contributed by atoms with E-state index in [1.807, 2.05) is 24.4 Å². The third-order valence-corrected chi connectivity index (χ3v) is 6.32. The fourth-order valence-electron chi connectivity index (χ4n) is 3.58. The van der Waals surface area contributed by atoms with Crippen molar-refractivity contribution in [2.24, 2.45) is 5.92 Å². The summed E-state index contributed by atoms with van der Waals surface area (Å²) in [6, 6.07) is 8.72. The van der Waals surface area contributed by atoms with Crippen LogP contribution in [0.4, 0.5) is 11.4 Å². The highest BCUT2D eigenvalue weighted by atomic mass is 32.1. The van der Waals surface area contributed by atoms with Crippen LogP contribution in [0.15, 0.2) is 35.7 Å². The van der Waals surface area contributed by atoms with Crippen molar-refractivity contribution in [1.82, 2.24) is 4.90 Å². The zero-order valence-corrected chi connectivity index (χ0v) is 16.7. The predicted molar refractivity (Wildman–Crippen MR) is 109 cm³/mol. The molecule has 0 N–H and O–H groups in total. The highest BCUT2D eigenvalue weighted by Gasteiger charge is 2.27. The van der Waals surface area contributed by atoms with Crippen LogP contribution in [0.3, 0.4) is 0 Å². The zero-order chi connectivity index (χ0) is 19.6. The minimum atomic E-state index is -0.381. The summed E-state index contributed by atoms with van der Waals surface area (Å²) < 4.78 is 0. The molecular formula is C20H25N3O3S. The average Bonchev–Trinajstić information content (AvgIpc) is 3.20. The standard InChI is InChI=1S/C20H25N3O3S/c1-14-6-4-10-22(13-14)17-9-8-16(12-18(17)23(25)26)20(24)21(3)15(2)19-7-5-11-27-19/h5,7-9,11-12,14-15H,4,6,10,13H2,1-3H3/t14-,15-/m0/s1. The fraction of sp³-hybridized carbons (Fsp3) is 0.450. The Hall–Kier alpha value is -2.41. The minimum Gasteiger partial charge on any atom is -0.366 e. The topological polar surface area (TPSA) is 66.7 Å². The number of carbonyl (C=O) groups is 1. The predicted octanol–water partition coefficient (Wildman–Crippen LogP) is 4.73. The smallest absolute Gasteiger partial charge is 0.293 e. The molecule has 0 spiro atoms. The van der Waals surface area contributed by atoms with E-state index in [9.17, 15) is 14.9 Å². The molecule has 1 aliphatic heterocycles. The second-order valence-electron chi connectivity index (χ2n) is 7.26. The largest absolute Gasteiger partial charge is 0.366 e. The van der Waals surface area contributed by atoms with Crippen molar-refractivity contribution in [3.8, 4) is 0 Å². The van der Waals surface area contributed by atoms with Crippen LogP contribution in [0.25, 0.3) is 0 Å². The molecule has 27 heavy (non-hydrogen) atoms. The van der Waals surface area contributed by atoms with E-state index in [-0.39, 0.29) is 22.6 Å². The maximum Gasteiger partial charge on any atom is 0.293 e. The van der Waals surface area contributed by atoms with E-state index < -0.39 is 0 Å². The number of anilines is 1. The van der Waals surface area contributed by atoms with Crippen LogP contribution in [-0.4, -0.2) is 35.9 Å². The van der Waals surface area contributed by atoms with E-state index in [0.717, 1.165) is 30.8 Å². The van der Waals surface area contributed by atoms with Crippen molar-refractivity contribution in [2.45, 2.75) is 32.7 Å². The van der Waals surface area contributed by atoms with E-state index in [1.165, 1.54) is 6.07 Å². The number of nitro benzene ring substituents is 1. The molecule has 1 aromatic carbocycles. The van der Waals surface area contributed by atoms with Gasteiger partial charge in [-0.05, 0) is 49.3 Å². The number of nitro groups is 1. The molecule has 0 unspecified atom stereocenters. The van der Waals surface area contributed by atoms with Crippen molar-refractivity contribution in [3.63, 3.8) is 0 Å². The molecule has 0 aliphatic carbocycles. The molecule has 1 saturated heterocycles. The summed E-state index contributed by atoms with van der Waals surface area (Å²) in [5.74, 6) is 0.301. The fourth-order valence-corrected chi connectivity index (χ4v) is 4.40. The maximum atomic E-state index is 12.9. The zero-order valence-electron chi connectivity index (χ0n) is 15.9. The molecule has 0 saturated carbocycles. The lowest BCUT2D eigenvalue weighted by atomic mass is 9.99. The Morgan fingerprint density at radius 1 is 1.41 bits per heavy atom. The van der Waals surface area contributed by atoms with Gasteiger partial charge in [-0.1, -0.05) is 13.0 Å². The average molecular weight is 388 g/mol. The summed E-state index contributed by atoms with van der Waals surface area (Å²) >= 11 is 1.59. The summed E-state index contributed by atoms with van der Waals surface area (Å²) in [7, 11) is 1.73. The summed E-state index contributed by atoms with van der Waals surface area (Å²) in [5.41, 5.74) is 0.964. The Balaban J connectivity index is 1.87. The van der Waals surface area contributed by atoms with Gasteiger partial charge in [0, 0.05) is 36.6 Å². The van der Waals surface area contributed by atoms with Crippen molar-refractivity contribution in [3.05, 3.63) is 56.3 Å². The Morgan fingerprint density at radius 2 is 2.19 bits per heavy atom. The number of rotatable bonds is 5.